The van der Waals surface area contributed by atoms with Crippen LogP contribution in [-0.2, 0) is 0 Å². The summed E-state index contributed by atoms with van der Waals surface area (Å²) in [6.07, 6.45) is 10.9. The van der Waals surface area contributed by atoms with Crippen molar-refractivity contribution < 1.29 is 14.7 Å². The molecule has 0 bridgehead atoms. The van der Waals surface area contributed by atoms with Crippen molar-refractivity contribution in [1.82, 2.24) is 35.2 Å². The average molecular weight is 787 g/mol. The topological polar surface area (TPSA) is 176 Å². The van der Waals surface area contributed by atoms with Gasteiger partial charge in [-0.3, -0.25) is 14.8 Å². The fourth-order valence-electron chi connectivity index (χ4n) is 6.82. The van der Waals surface area contributed by atoms with Crippen molar-refractivity contribution in [2.45, 2.75) is 101 Å². The van der Waals surface area contributed by atoms with Gasteiger partial charge in [-0.1, -0.05) is 75.3 Å². The highest BCUT2D eigenvalue weighted by atomic mass is 32.1. The van der Waals surface area contributed by atoms with Gasteiger partial charge in [-0.25, -0.2) is 14.8 Å². The van der Waals surface area contributed by atoms with E-state index in [1.807, 2.05) is 42.5 Å². The predicted octanol–water partition coefficient (Wildman–Crippen LogP) is 9.27. The van der Waals surface area contributed by atoms with Crippen LogP contribution in [0.25, 0.3) is 42.1 Å². The number of aromatic amines is 2. The number of nitrogens with one attached hydrogen (secondary N) is 3. The van der Waals surface area contributed by atoms with E-state index >= 15 is 0 Å². The third-order valence-corrected chi connectivity index (χ3v) is 18.9. The Labute approximate surface area is 320 Å². The highest BCUT2D eigenvalue weighted by Gasteiger charge is 2.27. The molecular formula is C38H50N8O3S2Si2. The second-order valence-corrected chi connectivity index (χ2v) is 28.4. The zero-order chi connectivity index (χ0) is 37.6. The molecule has 2 aliphatic rings. The summed E-state index contributed by atoms with van der Waals surface area (Å²) in [7, 11) is -1.80. The lowest BCUT2D eigenvalue weighted by molar-refractivity contribution is 0.0691. The number of nitrogens with zero attached hydrogens (tertiary/aromatic N) is 4. The number of aromatic nitrogens is 6. The number of aromatic carboxylic acids is 1. The smallest absolute Gasteiger partial charge is 0.352 e. The molecule has 0 radical (unpaired) electrons. The minimum Gasteiger partial charge on any atom is -0.477 e. The van der Waals surface area contributed by atoms with E-state index in [0.29, 0.717) is 23.4 Å². The second kappa shape index (κ2) is 17.0. The maximum atomic E-state index is 12.6. The molecule has 0 saturated carbocycles. The molecule has 2 saturated heterocycles. The molecule has 6 aromatic heterocycles. The maximum absolute atomic E-state index is 12.6. The summed E-state index contributed by atoms with van der Waals surface area (Å²) < 4.78 is 1.81. The van der Waals surface area contributed by atoms with Crippen LogP contribution < -0.4 is 11.1 Å². The lowest BCUT2D eigenvalue weighted by atomic mass is 10.1. The molecule has 15 heteroatoms. The first-order valence-electron chi connectivity index (χ1n) is 18.5. The Bertz CT molecular complexity index is 2060. The predicted molar refractivity (Wildman–Crippen MR) is 222 cm³/mol. The number of hydrogen-bond donors (Lipinski definition) is 5. The van der Waals surface area contributed by atoms with Crippen LogP contribution in [0.4, 0.5) is 0 Å². The number of amides is 1. The molecule has 0 spiro atoms. The van der Waals surface area contributed by atoms with E-state index in [-0.39, 0.29) is 11.6 Å². The second-order valence-electron chi connectivity index (χ2n) is 15.7. The monoisotopic (exact) mass is 786 g/mol. The molecular weight excluding hydrogens is 737 g/mol. The zero-order valence-corrected chi connectivity index (χ0v) is 34.6. The molecule has 6 aromatic rings. The number of fused-ring (bicyclic) bond motifs is 2. The number of H-pyrrole nitrogens is 2. The number of hydrogen-bond acceptors (Lipinski definition) is 9. The van der Waals surface area contributed by atoms with Crippen molar-refractivity contribution in [3.05, 3.63) is 72.3 Å². The molecule has 11 nitrogen and oxygen atoms in total. The first-order valence-corrected chi connectivity index (χ1v) is 26.9. The van der Waals surface area contributed by atoms with Gasteiger partial charge in [0.25, 0.3) is 5.91 Å². The summed E-state index contributed by atoms with van der Waals surface area (Å²) in [4.78, 5) is 46.8. The van der Waals surface area contributed by atoms with Crippen LogP contribution in [0.1, 0.15) is 59.5 Å². The molecule has 280 valence electrons. The van der Waals surface area contributed by atoms with Crippen LogP contribution >= 0.6 is 22.7 Å². The summed E-state index contributed by atoms with van der Waals surface area (Å²) in [5.41, 5.74) is 9.64. The fourth-order valence-corrected chi connectivity index (χ4v) is 13.8. The standard InChI is InChI=1S/C19H24N4OSSi.C11H7N3O2S.C8H19NSi/c1-26(2)10-5-6-13(8-11-26)21-18(24)15-12-16-17(22-15)23-19(25-16)14-7-3-4-9-20-14;15-11(16)7-5-8-9(13-7)14-10(17-8)6-3-1-2-4-12-6;1-10(2)6-3-4-8(9)5-7-10/h3-4,7,9,12-13,22H,5-6,8,10-11H2,1-2H3,(H,21,24);1-5,13H,(H,15,16);8H,3-7,9H2,1-2H3. The molecule has 53 heavy (non-hydrogen) atoms. The molecule has 0 aromatic carbocycles. The molecule has 8 rings (SSSR count). The molecule has 0 aliphatic carbocycles. The van der Waals surface area contributed by atoms with Gasteiger partial charge in [-0.2, -0.15) is 0 Å². The SMILES string of the molecule is C[Si]1(C)CCCC(N)CC1.C[Si]1(C)CCCC(NC(=O)c2cc3sc(-c4ccccn4)nc3[nH]2)CC1.O=C(O)c1cc2sc(-c3ccccn3)nc2[nH]1. The van der Waals surface area contributed by atoms with Crippen LogP contribution in [0.15, 0.2) is 60.9 Å². The normalized spacial score (nSPS) is 19.6. The zero-order valence-electron chi connectivity index (χ0n) is 30.9. The van der Waals surface area contributed by atoms with E-state index in [2.05, 4.69) is 61.4 Å². The molecule has 2 atom stereocenters. The number of rotatable bonds is 5. The number of thiazole rings is 2. The van der Waals surface area contributed by atoms with E-state index in [1.54, 1.807) is 29.8 Å². The van der Waals surface area contributed by atoms with Crippen molar-refractivity contribution in [3.8, 4) is 21.4 Å². The minimum absolute atomic E-state index is 0.0130. The molecule has 2 aliphatic heterocycles. The third-order valence-electron chi connectivity index (χ3n) is 10.1. The Morgan fingerprint density at radius 2 is 1.28 bits per heavy atom. The van der Waals surface area contributed by atoms with Gasteiger partial charge < -0.3 is 26.1 Å². The Kier molecular flexibility index (Phi) is 12.4. The van der Waals surface area contributed by atoms with Gasteiger partial charge in [0.15, 0.2) is 0 Å². The minimum atomic E-state index is -1.04. The lowest BCUT2D eigenvalue weighted by Gasteiger charge is -2.19. The molecule has 1 amide bonds. The Morgan fingerprint density at radius 3 is 1.81 bits per heavy atom. The van der Waals surface area contributed by atoms with Gasteiger partial charge in [0.1, 0.15) is 32.7 Å². The van der Waals surface area contributed by atoms with Gasteiger partial charge >= 0.3 is 5.97 Å². The van der Waals surface area contributed by atoms with Crippen molar-refractivity contribution in [3.63, 3.8) is 0 Å². The number of carboxylic acids is 1. The van der Waals surface area contributed by atoms with Crippen molar-refractivity contribution in [2.75, 3.05) is 0 Å². The van der Waals surface area contributed by atoms with Crippen molar-refractivity contribution in [2.24, 2.45) is 5.73 Å². The van der Waals surface area contributed by atoms with Crippen LogP contribution in [-0.4, -0.2) is 75.1 Å². The van der Waals surface area contributed by atoms with Crippen molar-refractivity contribution in [1.29, 1.82) is 0 Å². The molecule has 6 N–H and O–H groups in total. The number of nitrogens with two attached hydrogens (primary N) is 1. The van der Waals surface area contributed by atoms with Gasteiger partial charge in [0.2, 0.25) is 0 Å². The van der Waals surface area contributed by atoms with E-state index < -0.39 is 22.1 Å². The van der Waals surface area contributed by atoms with Crippen LogP contribution in [0, 0.1) is 0 Å². The van der Waals surface area contributed by atoms with Gasteiger partial charge in [-0.05, 0) is 62.1 Å². The first-order chi connectivity index (χ1) is 25.3. The van der Waals surface area contributed by atoms with E-state index in [9.17, 15) is 9.59 Å². The van der Waals surface area contributed by atoms with E-state index in [0.717, 1.165) is 49.3 Å². The summed E-state index contributed by atoms with van der Waals surface area (Å²) >= 11 is 2.98. The summed E-state index contributed by atoms with van der Waals surface area (Å²) in [5, 5.41) is 13.7. The number of carbonyl (C=O) groups excluding carboxylic acids is 1. The number of carboxylic acid groups (broad SMARTS) is 1. The number of carbonyl (C=O) groups is 2. The average Bonchev–Trinajstić information content (AvgIpc) is 3.87. The van der Waals surface area contributed by atoms with Crippen LogP contribution in [0.5, 0.6) is 0 Å². The molecule has 2 fully saturated rings. The summed E-state index contributed by atoms with van der Waals surface area (Å²) in [6.45, 7) is 9.90. The van der Waals surface area contributed by atoms with Crippen LogP contribution in [0.3, 0.4) is 0 Å². The van der Waals surface area contributed by atoms with Gasteiger partial charge in [0.05, 0.1) is 20.8 Å². The largest absolute Gasteiger partial charge is 0.477 e. The first kappa shape index (κ1) is 38.7. The summed E-state index contributed by atoms with van der Waals surface area (Å²) in [6, 6.07) is 21.3. The summed E-state index contributed by atoms with van der Waals surface area (Å²) in [5.74, 6) is -0.990. The highest BCUT2D eigenvalue weighted by Crippen LogP contribution is 2.32. The number of pyridine rings is 2. The van der Waals surface area contributed by atoms with Crippen molar-refractivity contribution >= 4 is 71.4 Å². The quantitative estimate of drug-likeness (QED) is 0.107. The maximum Gasteiger partial charge on any atom is 0.352 e. The van der Waals surface area contributed by atoms with E-state index in [4.69, 9.17) is 10.8 Å². The molecule has 2 unspecified atom stereocenters. The van der Waals surface area contributed by atoms with Gasteiger partial charge in [0, 0.05) is 40.6 Å². The van der Waals surface area contributed by atoms with Gasteiger partial charge in [-0.15, -0.1) is 22.7 Å². The van der Waals surface area contributed by atoms with Crippen LogP contribution in [0.2, 0.25) is 50.4 Å². The Morgan fingerprint density at radius 1 is 0.755 bits per heavy atom. The Hall–Kier alpha value is -4.03. The fraction of sp³-hybridized carbons (Fsp3) is 0.421. The molecule has 8 heterocycles. The third kappa shape index (κ3) is 10.6. The Balaban J connectivity index is 0.000000152. The lowest BCUT2D eigenvalue weighted by Crippen LogP contribution is -2.35. The van der Waals surface area contributed by atoms with E-state index in [1.165, 1.54) is 61.2 Å². The highest BCUT2D eigenvalue weighted by molar-refractivity contribution is 7.22.